The van der Waals surface area contributed by atoms with Crippen molar-refractivity contribution < 1.29 is 4.79 Å². The van der Waals surface area contributed by atoms with Crippen molar-refractivity contribution >= 4 is 11.6 Å². The van der Waals surface area contributed by atoms with Gasteiger partial charge < -0.3 is 0 Å². The number of amides is 1. The van der Waals surface area contributed by atoms with Gasteiger partial charge in [-0.05, 0) is 18.4 Å². The number of hydrazone groups is 1. The van der Waals surface area contributed by atoms with Gasteiger partial charge in [-0.1, -0.05) is 39.3 Å². The first-order valence-corrected chi connectivity index (χ1v) is 5.80. The van der Waals surface area contributed by atoms with Gasteiger partial charge in [-0.2, -0.15) is 5.10 Å². The van der Waals surface area contributed by atoms with Crippen LogP contribution in [0.15, 0.2) is 28.9 Å². The molecule has 1 heterocycles. The highest BCUT2D eigenvalue weighted by atomic mass is 16.2. The highest BCUT2D eigenvalue weighted by Crippen LogP contribution is 2.16. The number of carbonyl (C=O) groups is 1. The molecule has 0 aromatic carbocycles. The molecular weight excluding hydrogens is 200 g/mol. The van der Waals surface area contributed by atoms with Crippen molar-refractivity contribution in [1.82, 2.24) is 5.01 Å². The topological polar surface area (TPSA) is 32.7 Å². The minimum atomic E-state index is -0.00291. The Bertz CT molecular complexity index is 351. The van der Waals surface area contributed by atoms with E-state index in [1.54, 1.807) is 7.05 Å². The fourth-order valence-corrected chi connectivity index (χ4v) is 1.54. The molecule has 0 saturated carbocycles. The number of likely N-dealkylation sites (N-methyl/N-ethyl adjacent to an activating group) is 1. The zero-order chi connectivity index (χ0) is 12.1. The lowest BCUT2D eigenvalue weighted by Crippen LogP contribution is -2.16. The Balaban J connectivity index is 2.84. The van der Waals surface area contributed by atoms with Gasteiger partial charge in [-0.3, -0.25) is 4.79 Å². The largest absolute Gasteiger partial charge is 0.275 e. The molecule has 16 heavy (non-hydrogen) atoms. The molecule has 0 spiro atoms. The monoisotopic (exact) mass is 220 g/mol. The molecule has 0 aromatic heterocycles. The van der Waals surface area contributed by atoms with Crippen LogP contribution in [0.25, 0.3) is 0 Å². The molecule has 0 N–H and O–H groups in total. The Morgan fingerprint density at radius 3 is 2.69 bits per heavy atom. The molecule has 1 aliphatic heterocycles. The maximum Gasteiger partial charge on any atom is 0.275 e. The minimum absolute atomic E-state index is 0.00291. The summed E-state index contributed by atoms with van der Waals surface area (Å²) < 4.78 is 0. The zero-order valence-electron chi connectivity index (χ0n) is 10.5. The lowest BCUT2D eigenvalue weighted by atomic mass is 10.1. The van der Waals surface area contributed by atoms with Crippen LogP contribution >= 0.6 is 0 Å². The molecule has 1 amide bonds. The van der Waals surface area contributed by atoms with Crippen LogP contribution in [0.1, 0.15) is 33.6 Å². The van der Waals surface area contributed by atoms with Crippen molar-refractivity contribution in [2.45, 2.75) is 33.6 Å². The van der Waals surface area contributed by atoms with E-state index in [9.17, 15) is 4.79 Å². The molecule has 0 atom stereocenters. The van der Waals surface area contributed by atoms with Crippen molar-refractivity contribution in [3.8, 4) is 0 Å². The molecule has 1 rings (SSSR count). The van der Waals surface area contributed by atoms with Crippen LogP contribution in [0, 0.1) is 5.92 Å². The van der Waals surface area contributed by atoms with E-state index in [2.05, 4.69) is 31.9 Å². The van der Waals surface area contributed by atoms with Crippen LogP contribution in [0.2, 0.25) is 0 Å². The second-order valence-corrected chi connectivity index (χ2v) is 4.33. The molecule has 0 saturated heterocycles. The van der Waals surface area contributed by atoms with Gasteiger partial charge in [0.25, 0.3) is 5.91 Å². The van der Waals surface area contributed by atoms with Gasteiger partial charge in [-0.15, -0.1) is 0 Å². The summed E-state index contributed by atoms with van der Waals surface area (Å²) >= 11 is 0. The molecule has 0 unspecified atom stereocenters. The Morgan fingerprint density at radius 2 is 2.12 bits per heavy atom. The molecule has 0 aromatic rings. The first kappa shape index (κ1) is 12.7. The standard InChI is InChI=1S/C13H20N2O/c1-5-7-12-11(9-6-8-10(2)3)13(16)15(4)14-12/h6,8-10H,5,7H2,1-4H3/b8-6+,11-9-. The normalized spacial score (nSPS) is 19.3. The van der Waals surface area contributed by atoms with Crippen LogP contribution < -0.4 is 0 Å². The van der Waals surface area contributed by atoms with Crippen molar-refractivity contribution in [2.24, 2.45) is 11.0 Å². The molecular formula is C13H20N2O. The van der Waals surface area contributed by atoms with Gasteiger partial charge in [0.15, 0.2) is 0 Å². The summed E-state index contributed by atoms with van der Waals surface area (Å²) in [7, 11) is 1.70. The number of nitrogens with zero attached hydrogens (tertiary/aromatic N) is 2. The third-order valence-electron chi connectivity index (χ3n) is 2.35. The van der Waals surface area contributed by atoms with E-state index in [0.717, 1.165) is 24.1 Å². The van der Waals surface area contributed by atoms with Crippen LogP contribution in [-0.4, -0.2) is 23.7 Å². The summed E-state index contributed by atoms with van der Waals surface area (Å²) in [6.45, 7) is 6.31. The van der Waals surface area contributed by atoms with Gasteiger partial charge in [0.2, 0.25) is 0 Å². The number of allylic oxidation sites excluding steroid dienone is 3. The van der Waals surface area contributed by atoms with E-state index in [1.165, 1.54) is 5.01 Å². The third kappa shape index (κ3) is 3.05. The Labute approximate surface area is 97.5 Å². The van der Waals surface area contributed by atoms with Crippen LogP contribution in [-0.2, 0) is 4.79 Å². The van der Waals surface area contributed by atoms with Gasteiger partial charge >= 0.3 is 0 Å². The average molecular weight is 220 g/mol. The molecule has 0 fully saturated rings. The van der Waals surface area contributed by atoms with Gasteiger partial charge in [0.05, 0.1) is 11.3 Å². The molecule has 3 nitrogen and oxygen atoms in total. The predicted octanol–water partition coefficient (Wildman–Crippen LogP) is 2.75. The quantitative estimate of drug-likeness (QED) is 0.670. The van der Waals surface area contributed by atoms with E-state index in [1.807, 2.05) is 12.2 Å². The van der Waals surface area contributed by atoms with E-state index in [0.29, 0.717) is 5.92 Å². The third-order valence-corrected chi connectivity index (χ3v) is 2.35. The summed E-state index contributed by atoms with van der Waals surface area (Å²) in [4.78, 5) is 11.8. The molecule has 88 valence electrons. The summed E-state index contributed by atoms with van der Waals surface area (Å²) in [5.74, 6) is 0.495. The lowest BCUT2D eigenvalue weighted by Gasteiger charge is -2.00. The second kappa shape index (κ2) is 5.64. The number of hydrogen-bond acceptors (Lipinski definition) is 2. The SMILES string of the molecule is CCCC1=NN(C)C(=O)/C1=C\C=C\C(C)C. The van der Waals surface area contributed by atoms with Crippen molar-refractivity contribution in [3.05, 3.63) is 23.8 Å². The van der Waals surface area contributed by atoms with Crippen LogP contribution in [0.3, 0.4) is 0 Å². The predicted molar refractivity (Wildman–Crippen MR) is 67.2 cm³/mol. The summed E-state index contributed by atoms with van der Waals surface area (Å²) in [5.41, 5.74) is 1.64. The fraction of sp³-hybridized carbons (Fsp3) is 0.538. The Kier molecular flexibility index (Phi) is 4.47. The van der Waals surface area contributed by atoms with Crippen molar-refractivity contribution in [2.75, 3.05) is 7.05 Å². The smallest absolute Gasteiger partial charge is 0.267 e. The molecule has 0 radical (unpaired) electrons. The van der Waals surface area contributed by atoms with Crippen LogP contribution in [0.5, 0.6) is 0 Å². The average Bonchev–Trinajstić information content (AvgIpc) is 2.46. The van der Waals surface area contributed by atoms with E-state index < -0.39 is 0 Å². The maximum absolute atomic E-state index is 11.8. The molecule has 0 bridgehead atoms. The highest BCUT2D eigenvalue weighted by Gasteiger charge is 2.25. The van der Waals surface area contributed by atoms with Gasteiger partial charge in [0.1, 0.15) is 0 Å². The Hall–Kier alpha value is -1.38. The lowest BCUT2D eigenvalue weighted by molar-refractivity contribution is -0.124. The first-order chi connectivity index (χ1) is 7.56. The van der Waals surface area contributed by atoms with Crippen molar-refractivity contribution in [1.29, 1.82) is 0 Å². The first-order valence-electron chi connectivity index (χ1n) is 5.80. The molecule has 3 heteroatoms. The van der Waals surface area contributed by atoms with Gasteiger partial charge in [-0.25, -0.2) is 5.01 Å². The molecule has 1 aliphatic rings. The minimum Gasteiger partial charge on any atom is -0.267 e. The van der Waals surface area contributed by atoms with Crippen molar-refractivity contribution in [3.63, 3.8) is 0 Å². The zero-order valence-corrected chi connectivity index (χ0v) is 10.5. The molecule has 0 aliphatic carbocycles. The van der Waals surface area contributed by atoms with E-state index in [-0.39, 0.29) is 5.91 Å². The summed E-state index contributed by atoms with van der Waals surface area (Å²) in [6.07, 6.45) is 7.76. The fourth-order valence-electron chi connectivity index (χ4n) is 1.54. The Morgan fingerprint density at radius 1 is 1.44 bits per heavy atom. The number of rotatable bonds is 4. The summed E-state index contributed by atoms with van der Waals surface area (Å²) in [5, 5.41) is 5.65. The number of carbonyl (C=O) groups excluding carboxylic acids is 1. The maximum atomic E-state index is 11.8. The summed E-state index contributed by atoms with van der Waals surface area (Å²) in [6, 6.07) is 0. The van der Waals surface area contributed by atoms with E-state index in [4.69, 9.17) is 0 Å². The number of hydrogen-bond donors (Lipinski definition) is 0. The van der Waals surface area contributed by atoms with E-state index >= 15 is 0 Å². The van der Waals surface area contributed by atoms with Gasteiger partial charge in [0, 0.05) is 7.05 Å². The second-order valence-electron chi connectivity index (χ2n) is 4.33. The van der Waals surface area contributed by atoms with Crippen LogP contribution in [0.4, 0.5) is 0 Å². The highest BCUT2D eigenvalue weighted by molar-refractivity contribution is 6.24.